The van der Waals surface area contributed by atoms with E-state index in [-0.39, 0.29) is 18.1 Å². The van der Waals surface area contributed by atoms with Gasteiger partial charge in [-0.2, -0.15) is 0 Å². The number of esters is 1. The molecule has 0 spiro atoms. The number of hydrogen-bond acceptors (Lipinski definition) is 4. The molecule has 1 rings (SSSR count). The average molecular weight is 229 g/mol. The van der Waals surface area contributed by atoms with Crippen molar-refractivity contribution in [2.45, 2.75) is 52.4 Å². The number of cyclic esters (lactones) is 1. The second-order valence-electron chi connectivity index (χ2n) is 5.20. The Hall–Kier alpha value is -0.610. The van der Waals surface area contributed by atoms with Crippen molar-refractivity contribution in [3.05, 3.63) is 0 Å². The van der Waals surface area contributed by atoms with E-state index in [1.807, 2.05) is 11.8 Å². The molecule has 4 heteroatoms. The Balaban J connectivity index is 2.68. The Labute approximate surface area is 97.6 Å². The van der Waals surface area contributed by atoms with Crippen molar-refractivity contribution in [1.82, 2.24) is 4.90 Å². The lowest BCUT2D eigenvalue weighted by molar-refractivity contribution is -0.166. The zero-order valence-corrected chi connectivity index (χ0v) is 10.6. The molecule has 1 aliphatic rings. The highest BCUT2D eigenvalue weighted by Gasteiger charge is 2.35. The first kappa shape index (κ1) is 13.5. The molecule has 0 aromatic heterocycles. The first-order valence-corrected chi connectivity index (χ1v) is 6.02. The van der Waals surface area contributed by atoms with E-state index in [4.69, 9.17) is 4.74 Å². The molecule has 4 nitrogen and oxygen atoms in total. The van der Waals surface area contributed by atoms with E-state index in [0.29, 0.717) is 19.0 Å². The number of hydrogen-bond donors (Lipinski definition) is 1. The highest BCUT2D eigenvalue weighted by atomic mass is 16.5. The van der Waals surface area contributed by atoms with E-state index in [9.17, 15) is 9.90 Å². The SMILES string of the molecule is CC(C)CC1C(=O)O[C@@H](C)CN1CC(C)O. The topological polar surface area (TPSA) is 49.8 Å². The van der Waals surface area contributed by atoms with Crippen LogP contribution in [-0.4, -0.2) is 47.3 Å². The van der Waals surface area contributed by atoms with E-state index < -0.39 is 6.10 Å². The highest BCUT2D eigenvalue weighted by Crippen LogP contribution is 2.19. The van der Waals surface area contributed by atoms with Gasteiger partial charge in [-0.25, -0.2) is 0 Å². The monoisotopic (exact) mass is 229 g/mol. The minimum Gasteiger partial charge on any atom is -0.460 e. The predicted molar refractivity (Wildman–Crippen MR) is 62.1 cm³/mol. The second kappa shape index (κ2) is 5.64. The van der Waals surface area contributed by atoms with E-state index >= 15 is 0 Å². The van der Waals surface area contributed by atoms with Gasteiger partial charge < -0.3 is 9.84 Å². The Morgan fingerprint density at radius 2 is 2.12 bits per heavy atom. The first-order valence-electron chi connectivity index (χ1n) is 6.02. The normalized spacial score (nSPS) is 29.2. The summed E-state index contributed by atoms with van der Waals surface area (Å²) in [6.45, 7) is 9.07. The molecule has 1 heterocycles. The van der Waals surface area contributed by atoms with Gasteiger partial charge in [0.2, 0.25) is 0 Å². The fourth-order valence-corrected chi connectivity index (χ4v) is 2.15. The van der Waals surface area contributed by atoms with Crippen LogP contribution in [0.1, 0.15) is 34.1 Å². The van der Waals surface area contributed by atoms with E-state index in [0.717, 1.165) is 6.42 Å². The largest absolute Gasteiger partial charge is 0.460 e. The van der Waals surface area contributed by atoms with Crippen LogP contribution in [0.25, 0.3) is 0 Å². The molecule has 0 aliphatic carbocycles. The molecule has 1 saturated heterocycles. The maximum atomic E-state index is 11.8. The van der Waals surface area contributed by atoms with Crippen LogP contribution in [0, 0.1) is 5.92 Å². The lowest BCUT2D eigenvalue weighted by atomic mass is 10.0. The molecule has 1 fully saturated rings. The molecule has 1 aliphatic heterocycles. The zero-order valence-electron chi connectivity index (χ0n) is 10.6. The van der Waals surface area contributed by atoms with Crippen molar-refractivity contribution in [1.29, 1.82) is 0 Å². The van der Waals surface area contributed by atoms with Crippen molar-refractivity contribution >= 4 is 5.97 Å². The number of aliphatic hydroxyl groups excluding tert-OH is 1. The van der Waals surface area contributed by atoms with Crippen molar-refractivity contribution in [2.24, 2.45) is 5.92 Å². The minimum atomic E-state index is -0.409. The average Bonchev–Trinajstić information content (AvgIpc) is 2.09. The standard InChI is InChI=1S/C12H23NO3/c1-8(2)5-11-12(15)16-10(4)7-13(11)6-9(3)14/h8-11,14H,5-7H2,1-4H3/t9?,10-,11?/m0/s1. The third kappa shape index (κ3) is 3.76. The molecule has 0 aromatic rings. The molecule has 0 bridgehead atoms. The van der Waals surface area contributed by atoms with Crippen LogP contribution in [0.5, 0.6) is 0 Å². The predicted octanol–water partition coefficient (Wildman–Crippen LogP) is 1.03. The van der Waals surface area contributed by atoms with E-state index in [1.165, 1.54) is 0 Å². The van der Waals surface area contributed by atoms with E-state index in [1.54, 1.807) is 6.92 Å². The number of morpholine rings is 1. The number of β-amino-alcohol motifs (C(OH)–C–C–N with tert-alkyl or cyclic N) is 1. The van der Waals surface area contributed by atoms with Crippen LogP contribution in [0.15, 0.2) is 0 Å². The van der Waals surface area contributed by atoms with Gasteiger partial charge in [0.1, 0.15) is 12.1 Å². The zero-order chi connectivity index (χ0) is 12.3. The molecule has 0 radical (unpaired) electrons. The smallest absolute Gasteiger partial charge is 0.323 e. The molecule has 94 valence electrons. The van der Waals surface area contributed by atoms with Crippen LogP contribution >= 0.6 is 0 Å². The van der Waals surface area contributed by atoms with Gasteiger partial charge in [-0.3, -0.25) is 9.69 Å². The van der Waals surface area contributed by atoms with Crippen LogP contribution in [0.4, 0.5) is 0 Å². The third-order valence-electron chi connectivity index (χ3n) is 2.72. The van der Waals surface area contributed by atoms with Gasteiger partial charge in [0.25, 0.3) is 0 Å². The fraction of sp³-hybridized carbons (Fsp3) is 0.917. The summed E-state index contributed by atoms with van der Waals surface area (Å²) >= 11 is 0. The molecular weight excluding hydrogens is 206 g/mol. The van der Waals surface area contributed by atoms with Gasteiger partial charge in [0, 0.05) is 13.1 Å². The Bertz CT molecular complexity index is 238. The van der Waals surface area contributed by atoms with Crippen molar-refractivity contribution < 1.29 is 14.6 Å². The summed E-state index contributed by atoms with van der Waals surface area (Å²) in [6.07, 6.45) is 0.306. The Morgan fingerprint density at radius 1 is 1.50 bits per heavy atom. The molecular formula is C12H23NO3. The van der Waals surface area contributed by atoms with Gasteiger partial charge in [-0.05, 0) is 26.2 Å². The maximum Gasteiger partial charge on any atom is 0.323 e. The Kier molecular flexibility index (Phi) is 4.74. The molecule has 16 heavy (non-hydrogen) atoms. The third-order valence-corrected chi connectivity index (χ3v) is 2.72. The van der Waals surface area contributed by atoms with Crippen molar-refractivity contribution in [3.63, 3.8) is 0 Å². The van der Waals surface area contributed by atoms with E-state index in [2.05, 4.69) is 13.8 Å². The molecule has 2 unspecified atom stereocenters. The summed E-state index contributed by atoms with van der Waals surface area (Å²) in [6, 6.07) is -0.189. The summed E-state index contributed by atoms with van der Waals surface area (Å²) in [5, 5.41) is 9.44. The van der Waals surface area contributed by atoms with Crippen LogP contribution in [0.3, 0.4) is 0 Å². The van der Waals surface area contributed by atoms with Crippen molar-refractivity contribution in [3.8, 4) is 0 Å². The lowest BCUT2D eigenvalue weighted by Crippen LogP contribution is -2.54. The van der Waals surface area contributed by atoms with Crippen LogP contribution in [0.2, 0.25) is 0 Å². The maximum absolute atomic E-state index is 11.8. The van der Waals surface area contributed by atoms with Gasteiger partial charge in [-0.1, -0.05) is 13.8 Å². The van der Waals surface area contributed by atoms with Crippen molar-refractivity contribution in [2.75, 3.05) is 13.1 Å². The minimum absolute atomic E-state index is 0.0744. The number of rotatable bonds is 4. The van der Waals surface area contributed by atoms with Crippen LogP contribution < -0.4 is 0 Å². The number of aliphatic hydroxyl groups is 1. The first-order chi connectivity index (χ1) is 7.40. The lowest BCUT2D eigenvalue weighted by Gasteiger charge is -2.38. The quantitative estimate of drug-likeness (QED) is 0.732. The highest BCUT2D eigenvalue weighted by molar-refractivity contribution is 5.76. The molecule has 3 atom stereocenters. The number of carbonyl (C=O) groups excluding carboxylic acids is 1. The number of nitrogens with zero attached hydrogens (tertiary/aromatic N) is 1. The van der Waals surface area contributed by atoms with Gasteiger partial charge in [0.05, 0.1) is 6.10 Å². The summed E-state index contributed by atoms with van der Waals surface area (Å²) in [4.78, 5) is 13.8. The summed E-state index contributed by atoms with van der Waals surface area (Å²) in [7, 11) is 0. The van der Waals surface area contributed by atoms with Gasteiger partial charge in [0.15, 0.2) is 0 Å². The fourth-order valence-electron chi connectivity index (χ4n) is 2.15. The molecule has 0 aromatic carbocycles. The molecule has 0 amide bonds. The summed E-state index contributed by atoms with van der Waals surface area (Å²) < 4.78 is 5.25. The van der Waals surface area contributed by atoms with Gasteiger partial charge >= 0.3 is 5.97 Å². The Morgan fingerprint density at radius 3 is 2.62 bits per heavy atom. The molecule has 1 N–H and O–H groups in total. The summed E-state index contributed by atoms with van der Waals surface area (Å²) in [5.41, 5.74) is 0. The number of carbonyl (C=O) groups is 1. The van der Waals surface area contributed by atoms with Crippen LogP contribution in [-0.2, 0) is 9.53 Å². The summed E-state index contributed by atoms with van der Waals surface area (Å²) in [5.74, 6) is 0.301. The number of ether oxygens (including phenoxy) is 1. The second-order valence-corrected chi connectivity index (χ2v) is 5.20. The van der Waals surface area contributed by atoms with Gasteiger partial charge in [-0.15, -0.1) is 0 Å². The molecule has 0 saturated carbocycles.